The van der Waals surface area contributed by atoms with Crippen molar-refractivity contribution in [1.29, 1.82) is 0 Å². The molecule has 1 saturated carbocycles. The van der Waals surface area contributed by atoms with E-state index in [-0.39, 0.29) is 18.1 Å². The highest BCUT2D eigenvalue weighted by Gasteiger charge is 2.29. The van der Waals surface area contributed by atoms with Gasteiger partial charge in [0.15, 0.2) is 17.5 Å². The Morgan fingerprint density at radius 3 is 2.71 bits per heavy atom. The molecule has 1 N–H and O–H groups in total. The van der Waals surface area contributed by atoms with Crippen LogP contribution in [0.4, 0.5) is 14.5 Å². The van der Waals surface area contributed by atoms with Gasteiger partial charge in [-0.05, 0) is 31.0 Å². The minimum absolute atomic E-state index is 0.0938. The summed E-state index contributed by atoms with van der Waals surface area (Å²) < 4.78 is 33.2. The van der Waals surface area contributed by atoms with E-state index in [0.29, 0.717) is 28.2 Å². The number of hydrogen-bond acceptors (Lipinski definition) is 5. The molecule has 5 rings (SSSR count). The zero-order chi connectivity index (χ0) is 21.5. The van der Waals surface area contributed by atoms with Gasteiger partial charge in [-0.2, -0.15) is 4.98 Å². The average molecular weight is 422 g/mol. The second kappa shape index (κ2) is 7.42. The molecule has 2 aromatic carbocycles. The molecule has 0 bridgehead atoms. The lowest BCUT2D eigenvalue weighted by molar-refractivity contribution is -0.116. The minimum Gasteiger partial charge on any atom is -0.334 e. The fourth-order valence-electron chi connectivity index (χ4n) is 3.44. The maximum Gasteiger partial charge on any atom is 0.258 e. The standard InChI is InChI=1S/C22H16F2N4O3/c23-16-8-7-13(9-17(16)24)25-19(29)11-28-18-4-2-1-3-14(18)15(10-20(28)30)22-26-21(27-31-22)12-5-6-12/h1-4,7-10,12H,5-6,11H2,(H,25,29). The lowest BCUT2D eigenvalue weighted by atomic mass is 10.1. The van der Waals surface area contributed by atoms with Crippen LogP contribution in [0.5, 0.6) is 0 Å². The Hall–Kier alpha value is -3.88. The molecule has 1 aliphatic rings. The van der Waals surface area contributed by atoms with Crippen molar-refractivity contribution in [3.05, 3.63) is 76.3 Å². The quantitative estimate of drug-likeness (QED) is 0.528. The summed E-state index contributed by atoms with van der Waals surface area (Å²) >= 11 is 0. The van der Waals surface area contributed by atoms with E-state index in [2.05, 4.69) is 15.5 Å². The van der Waals surface area contributed by atoms with Gasteiger partial charge in [0.2, 0.25) is 5.91 Å². The first-order chi connectivity index (χ1) is 15.0. The third kappa shape index (κ3) is 3.70. The van der Waals surface area contributed by atoms with Crippen LogP contribution >= 0.6 is 0 Å². The zero-order valence-electron chi connectivity index (χ0n) is 16.1. The number of nitrogens with one attached hydrogen (secondary N) is 1. The molecule has 31 heavy (non-hydrogen) atoms. The maximum atomic E-state index is 13.4. The molecule has 9 heteroatoms. The molecule has 1 fully saturated rings. The molecule has 7 nitrogen and oxygen atoms in total. The Bertz CT molecular complexity index is 1370. The van der Waals surface area contributed by atoms with E-state index in [1.54, 1.807) is 24.3 Å². The van der Waals surface area contributed by atoms with Gasteiger partial charge in [0.05, 0.1) is 11.1 Å². The maximum absolute atomic E-state index is 13.4. The van der Waals surface area contributed by atoms with E-state index in [1.807, 2.05) is 0 Å². The number of para-hydroxylation sites is 1. The predicted molar refractivity (Wildman–Crippen MR) is 108 cm³/mol. The Labute approximate surface area is 174 Å². The predicted octanol–water partition coefficient (Wildman–Crippen LogP) is 3.85. The molecule has 1 amide bonds. The van der Waals surface area contributed by atoms with Crippen LogP contribution in [-0.2, 0) is 11.3 Å². The smallest absolute Gasteiger partial charge is 0.258 e. The minimum atomic E-state index is -1.07. The lowest BCUT2D eigenvalue weighted by Crippen LogP contribution is -2.27. The van der Waals surface area contributed by atoms with Gasteiger partial charge in [-0.1, -0.05) is 23.4 Å². The molecule has 4 aromatic rings. The number of amides is 1. The van der Waals surface area contributed by atoms with E-state index in [0.717, 1.165) is 25.0 Å². The van der Waals surface area contributed by atoms with E-state index >= 15 is 0 Å². The van der Waals surface area contributed by atoms with Crippen molar-refractivity contribution in [3.63, 3.8) is 0 Å². The summed E-state index contributed by atoms with van der Waals surface area (Å²) in [4.78, 5) is 29.8. The molecule has 0 saturated heterocycles. The molecular weight excluding hydrogens is 406 g/mol. The van der Waals surface area contributed by atoms with Crippen LogP contribution in [0.2, 0.25) is 0 Å². The van der Waals surface area contributed by atoms with Gasteiger partial charge in [-0.15, -0.1) is 0 Å². The number of carbonyl (C=O) groups excluding carboxylic acids is 1. The summed E-state index contributed by atoms with van der Waals surface area (Å²) in [7, 11) is 0. The molecule has 0 radical (unpaired) electrons. The number of fused-ring (bicyclic) bond motifs is 1. The molecular formula is C22H16F2N4O3. The fourth-order valence-corrected chi connectivity index (χ4v) is 3.44. The number of rotatable bonds is 5. The average Bonchev–Trinajstić information content (AvgIpc) is 3.49. The first-order valence-electron chi connectivity index (χ1n) is 9.71. The van der Waals surface area contributed by atoms with Crippen molar-refractivity contribution in [2.45, 2.75) is 25.3 Å². The van der Waals surface area contributed by atoms with Crippen molar-refractivity contribution in [2.24, 2.45) is 0 Å². The molecule has 2 heterocycles. The van der Waals surface area contributed by atoms with Gasteiger partial charge in [0.1, 0.15) is 6.54 Å². The number of aromatic nitrogens is 3. The number of anilines is 1. The van der Waals surface area contributed by atoms with Gasteiger partial charge < -0.3 is 9.84 Å². The molecule has 0 spiro atoms. The van der Waals surface area contributed by atoms with E-state index in [4.69, 9.17) is 4.52 Å². The number of nitrogens with zero attached hydrogens (tertiary/aromatic N) is 3. The number of pyridine rings is 1. The number of benzene rings is 2. The van der Waals surface area contributed by atoms with E-state index in [1.165, 1.54) is 16.7 Å². The Morgan fingerprint density at radius 2 is 1.94 bits per heavy atom. The summed E-state index contributed by atoms with van der Waals surface area (Å²) in [5.41, 5.74) is 0.672. The third-order valence-electron chi connectivity index (χ3n) is 5.14. The molecule has 2 aromatic heterocycles. The Morgan fingerprint density at radius 1 is 1.13 bits per heavy atom. The van der Waals surface area contributed by atoms with Crippen LogP contribution < -0.4 is 10.9 Å². The Balaban J connectivity index is 1.49. The number of halogens is 2. The van der Waals surface area contributed by atoms with Crippen molar-refractivity contribution >= 4 is 22.5 Å². The highest BCUT2D eigenvalue weighted by atomic mass is 19.2. The van der Waals surface area contributed by atoms with Crippen LogP contribution in [0.1, 0.15) is 24.6 Å². The summed E-state index contributed by atoms with van der Waals surface area (Å²) in [5.74, 6) is -1.44. The van der Waals surface area contributed by atoms with E-state index in [9.17, 15) is 18.4 Å². The normalized spacial score (nSPS) is 13.5. The number of carbonyl (C=O) groups is 1. The van der Waals surface area contributed by atoms with Crippen LogP contribution in [0, 0.1) is 11.6 Å². The summed E-state index contributed by atoms with van der Waals surface area (Å²) in [5, 5.41) is 7.15. The molecule has 0 atom stereocenters. The third-order valence-corrected chi connectivity index (χ3v) is 5.14. The summed E-state index contributed by atoms with van der Waals surface area (Å²) in [6.07, 6.45) is 2.04. The first kappa shape index (κ1) is 19.1. The molecule has 1 aliphatic carbocycles. The molecule has 156 valence electrons. The topological polar surface area (TPSA) is 90.0 Å². The van der Waals surface area contributed by atoms with Gasteiger partial charge in [-0.25, -0.2) is 8.78 Å². The lowest BCUT2D eigenvalue weighted by Gasteiger charge is -2.12. The van der Waals surface area contributed by atoms with Crippen molar-refractivity contribution < 1.29 is 18.1 Å². The zero-order valence-corrected chi connectivity index (χ0v) is 16.1. The fraction of sp³-hybridized carbons (Fsp3) is 0.182. The summed E-state index contributed by atoms with van der Waals surface area (Å²) in [6, 6.07) is 11.5. The van der Waals surface area contributed by atoms with E-state index < -0.39 is 23.1 Å². The SMILES string of the molecule is O=C(Cn1c(=O)cc(-c2nc(C3CC3)no2)c2ccccc21)Nc1ccc(F)c(F)c1. The second-order valence-electron chi connectivity index (χ2n) is 7.41. The van der Waals surface area contributed by atoms with Gasteiger partial charge in [-0.3, -0.25) is 14.2 Å². The van der Waals surface area contributed by atoms with Gasteiger partial charge in [0.25, 0.3) is 11.4 Å². The van der Waals surface area contributed by atoms with Crippen LogP contribution in [0.15, 0.2) is 57.8 Å². The van der Waals surface area contributed by atoms with Crippen LogP contribution in [0.25, 0.3) is 22.4 Å². The van der Waals surface area contributed by atoms with Crippen LogP contribution in [0.3, 0.4) is 0 Å². The van der Waals surface area contributed by atoms with Crippen molar-refractivity contribution in [3.8, 4) is 11.5 Å². The largest absolute Gasteiger partial charge is 0.334 e. The van der Waals surface area contributed by atoms with Gasteiger partial charge in [0, 0.05) is 29.1 Å². The van der Waals surface area contributed by atoms with Crippen molar-refractivity contribution in [2.75, 3.05) is 5.32 Å². The highest BCUT2D eigenvalue weighted by molar-refractivity contribution is 5.95. The highest BCUT2D eigenvalue weighted by Crippen LogP contribution is 2.39. The van der Waals surface area contributed by atoms with Gasteiger partial charge >= 0.3 is 0 Å². The number of hydrogen-bond donors (Lipinski definition) is 1. The van der Waals surface area contributed by atoms with Crippen molar-refractivity contribution in [1.82, 2.24) is 14.7 Å². The first-order valence-corrected chi connectivity index (χ1v) is 9.71. The Kier molecular flexibility index (Phi) is 4.58. The molecule has 0 aliphatic heterocycles. The second-order valence-corrected chi connectivity index (χ2v) is 7.41. The molecule has 0 unspecified atom stereocenters. The summed E-state index contributed by atoms with van der Waals surface area (Å²) in [6.45, 7) is -0.310. The monoisotopic (exact) mass is 422 g/mol. The van der Waals surface area contributed by atoms with Crippen LogP contribution in [-0.4, -0.2) is 20.6 Å².